The molecule has 1 amide bonds. The van der Waals surface area contributed by atoms with E-state index in [0.29, 0.717) is 31.2 Å². The van der Waals surface area contributed by atoms with Gasteiger partial charge in [0.2, 0.25) is 0 Å². The molecule has 4 nitrogen and oxygen atoms in total. The number of para-hydroxylation sites is 1. The van der Waals surface area contributed by atoms with E-state index in [9.17, 15) is 4.79 Å². The highest BCUT2D eigenvalue weighted by Gasteiger charge is 2.28. The molecule has 0 aliphatic carbocycles. The Morgan fingerprint density at radius 3 is 2.89 bits per heavy atom. The zero-order chi connectivity index (χ0) is 13.1. The number of hydrogen-bond donors (Lipinski definition) is 0. The first-order chi connectivity index (χ1) is 8.67. The van der Waals surface area contributed by atoms with Gasteiger partial charge in [-0.05, 0) is 26.8 Å². The number of ether oxygens (including phenoxy) is 2. The zero-order valence-electron chi connectivity index (χ0n) is 11.1. The van der Waals surface area contributed by atoms with E-state index in [2.05, 4.69) is 0 Å². The second kappa shape index (κ2) is 5.29. The predicted octanol–water partition coefficient (Wildman–Crippen LogP) is 2.21. The highest BCUT2D eigenvalue weighted by Crippen LogP contribution is 2.35. The van der Waals surface area contributed by atoms with Crippen LogP contribution in [0.25, 0.3) is 0 Å². The summed E-state index contributed by atoms with van der Waals surface area (Å²) in [6.45, 7) is 7.54. The SMILES string of the molecule is CCOc1cccc2c1O[C@H](C)C(=O)N(CC)C2. The van der Waals surface area contributed by atoms with Gasteiger partial charge in [-0.2, -0.15) is 0 Å². The monoisotopic (exact) mass is 249 g/mol. The molecule has 18 heavy (non-hydrogen) atoms. The Morgan fingerprint density at radius 1 is 1.44 bits per heavy atom. The minimum Gasteiger partial charge on any atom is -0.490 e. The van der Waals surface area contributed by atoms with Gasteiger partial charge in [0.15, 0.2) is 17.6 Å². The quantitative estimate of drug-likeness (QED) is 0.824. The molecular weight excluding hydrogens is 230 g/mol. The summed E-state index contributed by atoms with van der Waals surface area (Å²) in [5, 5.41) is 0. The summed E-state index contributed by atoms with van der Waals surface area (Å²) in [7, 11) is 0. The molecule has 0 saturated carbocycles. The van der Waals surface area contributed by atoms with Gasteiger partial charge in [-0.1, -0.05) is 12.1 Å². The zero-order valence-corrected chi connectivity index (χ0v) is 11.1. The van der Waals surface area contributed by atoms with Crippen molar-refractivity contribution in [2.24, 2.45) is 0 Å². The minimum absolute atomic E-state index is 0.0242. The number of carbonyl (C=O) groups excluding carboxylic acids is 1. The molecule has 0 spiro atoms. The van der Waals surface area contributed by atoms with Crippen LogP contribution in [0.1, 0.15) is 26.3 Å². The van der Waals surface area contributed by atoms with Crippen molar-refractivity contribution in [2.45, 2.75) is 33.4 Å². The molecule has 1 aliphatic heterocycles. The maximum Gasteiger partial charge on any atom is 0.263 e. The molecule has 0 N–H and O–H groups in total. The lowest BCUT2D eigenvalue weighted by atomic mass is 10.1. The average molecular weight is 249 g/mol. The van der Waals surface area contributed by atoms with E-state index in [1.807, 2.05) is 32.0 Å². The highest BCUT2D eigenvalue weighted by molar-refractivity contribution is 5.81. The number of nitrogens with zero attached hydrogens (tertiary/aromatic N) is 1. The lowest BCUT2D eigenvalue weighted by Crippen LogP contribution is -2.37. The smallest absolute Gasteiger partial charge is 0.263 e. The third-order valence-corrected chi connectivity index (χ3v) is 3.06. The Balaban J connectivity index is 2.40. The maximum absolute atomic E-state index is 12.1. The fourth-order valence-corrected chi connectivity index (χ4v) is 2.12. The third-order valence-electron chi connectivity index (χ3n) is 3.06. The molecule has 1 atom stereocenters. The van der Waals surface area contributed by atoms with Crippen molar-refractivity contribution in [1.29, 1.82) is 0 Å². The molecule has 0 saturated heterocycles. The number of benzene rings is 1. The van der Waals surface area contributed by atoms with E-state index in [1.165, 1.54) is 0 Å². The molecule has 0 unspecified atom stereocenters. The lowest BCUT2D eigenvalue weighted by Gasteiger charge is -2.19. The van der Waals surface area contributed by atoms with Crippen LogP contribution in [0.4, 0.5) is 0 Å². The summed E-state index contributed by atoms with van der Waals surface area (Å²) in [4.78, 5) is 13.9. The van der Waals surface area contributed by atoms with Crippen LogP contribution < -0.4 is 9.47 Å². The number of carbonyl (C=O) groups is 1. The first-order valence-electron chi connectivity index (χ1n) is 6.37. The molecule has 4 heteroatoms. The highest BCUT2D eigenvalue weighted by atomic mass is 16.5. The summed E-state index contributed by atoms with van der Waals surface area (Å²) >= 11 is 0. The van der Waals surface area contributed by atoms with Crippen molar-refractivity contribution in [3.8, 4) is 11.5 Å². The molecule has 0 radical (unpaired) electrons. The summed E-state index contributed by atoms with van der Waals surface area (Å²) in [6.07, 6.45) is -0.465. The van der Waals surface area contributed by atoms with Crippen LogP contribution in [-0.4, -0.2) is 30.1 Å². The topological polar surface area (TPSA) is 38.8 Å². The van der Waals surface area contributed by atoms with Crippen LogP contribution >= 0.6 is 0 Å². The van der Waals surface area contributed by atoms with Gasteiger partial charge in [-0.3, -0.25) is 4.79 Å². The van der Waals surface area contributed by atoms with E-state index in [4.69, 9.17) is 9.47 Å². The second-order valence-corrected chi connectivity index (χ2v) is 4.29. The van der Waals surface area contributed by atoms with Crippen molar-refractivity contribution in [1.82, 2.24) is 4.90 Å². The number of rotatable bonds is 3. The number of amides is 1. The van der Waals surface area contributed by atoms with Crippen molar-refractivity contribution >= 4 is 5.91 Å². The fourth-order valence-electron chi connectivity index (χ4n) is 2.12. The van der Waals surface area contributed by atoms with Crippen LogP contribution in [0.15, 0.2) is 18.2 Å². The van der Waals surface area contributed by atoms with Crippen molar-refractivity contribution in [3.63, 3.8) is 0 Å². The standard InChI is InChI=1S/C14H19NO3/c1-4-15-9-11-7-6-8-12(17-5-2)13(11)18-10(3)14(15)16/h6-8,10H,4-5,9H2,1-3H3/t10-/m1/s1. The Kier molecular flexibility index (Phi) is 3.75. The van der Waals surface area contributed by atoms with E-state index < -0.39 is 6.10 Å². The molecule has 0 fully saturated rings. The number of hydrogen-bond acceptors (Lipinski definition) is 3. The van der Waals surface area contributed by atoms with Crippen LogP contribution in [0.3, 0.4) is 0 Å². The summed E-state index contributed by atoms with van der Waals surface area (Å²) in [5.41, 5.74) is 1.00. The lowest BCUT2D eigenvalue weighted by molar-refractivity contribution is -0.137. The van der Waals surface area contributed by atoms with Gasteiger partial charge in [0.05, 0.1) is 6.61 Å². The Morgan fingerprint density at radius 2 is 2.22 bits per heavy atom. The van der Waals surface area contributed by atoms with Crippen LogP contribution in [-0.2, 0) is 11.3 Å². The summed E-state index contributed by atoms with van der Waals surface area (Å²) < 4.78 is 11.3. The van der Waals surface area contributed by atoms with Crippen LogP contribution in [0.2, 0.25) is 0 Å². The normalized spacial score (nSPS) is 18.9. The predicted molar refractivity (Wildman–Crippen MR) is 68.8 cm³/mol. The van der Waals surface area contributed by atoms with Gasteiger partial charge in [-0.15, -0.1) is 0 Å². The van der Waals surface area contributed by atoms with Gasteiger partial charge in [0.25, 0.3) is 5.91 Å². The largest absolute Gasteiger partial charge is 0.490 e. The van der Waals surface area contributed by atoms with Gasteiger partial charge in [-0.25, -0.2) is 0 Å². The van der Waals surface area contributed by atoms with Crippen LogP contribution in [0, 0.1) is 0 Å². The summed E-state index contributed by atoms with van der Waals surface area (Å²) in [5.74, 6) is 1.44. The average Bonchev–Trinajstić information content (AvgIpc) is 2.49. The van der Waals surface area contributed by atoms with E-state index >= 15 is 0 Å². The third kappa shape index (κ3) is 2.28. The fraction of sp³-hybridized carbons (Fsp3) is 0.500. The van der Waals surface area contributed by atoms with E-state index in [1.54, 1.807) is 11.8 Å². The summed E-state index contributed by atoms with van der Waals surface area (Å²) in [6, 6.07) is 5.79. The molecule has 1 aliphatic rings. The Labute approximate surface area is 107 Å². The first-order valence-corrected chi connectivity index (χ1v) is 6.37. The van der Waals surface area contributed by atoms with Crippen LogP contribution in [0.5, 0.6) is 11.5 Å². The number of likely N-dealkylation sites (N-methyl/N-ethyl adjacent to an activating group) is 1. The molecular formula is C14H19NO3. The maximum atomic E-state index is 12.1. The molecule has 0 bridgehead atoms. The molecule has 98 valence electrons. The van der Waals surface area contributed by atoms with Crippen molar-refractivity contribution in [3.05, 3.63) is 23.8 Å². The number of fused-ring (bicyclic) bond motifs is 1. The minimum atomic E-state index is -0.465. The van der Waals surface area contributed by atoms with Gasteiger partial charge in [0, 0.05) is 18.7 Å². The first kappa shape index (κ1) is 12.7. The Bertz CT molecular complexity index is 445. The van der Waals surface area contributed by atoms with E-state index in [-0.39, 0.29) is 5.91 Å². The van der Waals surface area contributed by atoms with Gasteiger partial charge < -0.3 is 14.4 Å². The molecule has 0 aromatic heterocycles. The molecule has 1 heterocycles. The van der Waals surface area contributed by atoms with Crippen molar-refractivity contribution in [2.75, 3.05) is 13.2 Å². The molecule has 1 aromatic rings. The molecule has 2 rings (SSSR count). The van der Waals surface area contributed by atoms with Gasteiger partial charge >= 0.3 is 0 Å². The van der Waals surface area contributed by atoms with Gasteiger partial charge in [0.1, 0.15) is 0 Å². The molecule has 1 aromatic carbocycles. The van der Waals surface area contributed by atoms with Crippen molar-refractivity contribution < 1.29 is 14.3 Å². The second-order valence-electron chi connectivity index (χ2n) is 4.29. The Hall–Kier alpha value is -1.71. The van der Waals surface area contributed by atoms with E-state index in [0.717, 1.165) is 5.56 Å².